The topological polar surface area (TPSA) is 37.3 Å². The molecule has 0 radical (unpaired) electrons. The van der Waals surface area contributed by atoms with Gasteiger partial charge in [0.1, 0.15) is 5.78 Å². The lowest BCUT2D eigenvalue weighted by Crippen LogP contribution is -2.57. The molecule has 2 bridgehead atoms. The minimum atomic E-state index is -0.392. The van der Waals surface area contributed by atoms with Crippen LogP contribution in [0.5, 0.6) is 0 Å². The molecule has 22 heavy (non-hydrogen) atoms. The average Bonchev–Trinajstić information content (AvgIpc) is 2.86. The maximum Gasteiger partial charge on any atom is 0.137 e. The van der Waals surface area contributed by atoms with Crippen LogP contribution in [-0.4, -0.2) is 17.0 Å². The molecule has 0 aromatic rings. The van der Waals surface area contributed by atoms with E-state index in [0.29, 0.717) is 11.7 Å². The van der Waals surface area contributed by atoms with E-state index in [4.69, 9.17) is 0 Å². The number of Topliss-reactive ketones (excluding diaryl/α,β-unsaturated/α-hetero) is 1. The van der Waals surface area contributed by atoms with Crippen molar-refractivity contribution in [2.45, 2.75) is 72.3 Å². The van der Waals surface area contributed by atoms with Gasteiger partial charge in [0, 0.05) is 17.8 Å². The largest absolute Gasteiger partial charge is 0.392 e. The number of carbonyl (C=O) groups excluding carboxylic acids is 1. The molecule has 0 heterocycles. The third-order valence-corrected chi connectivity index (χ3v) is 8.29. The van der Waals surface area contributed by atoms with E-state index >= 15 is 0 Å². The van der Waals surface area contributed by atoms with Gasteiger partial charge in [0.15, 0.2) is 0 Å². The highest BCUT2D eigenvalue weighted by Crippen LogP contribution is 2.67. The molecule has 1 N–H and O–H groups in total. The minimum Gasteiger partial charge on any atom is -0.392 e. The summed E-state index contributed by atoms with van der Waals surface area (Å²) >= 11 is 0. The molecule has 0 aromatic carbocycles. The molecule has 7 atom stereocenters. The Morgan fingerprint density at radius 1 is 1.18 bits per heavy atom. The first-order chi connectivity index (χ1) is 10.2. The summed E-state index contributed by atoms with van der Waals surface area (Å²) in [5.74, 6) is 1.38. The summed E-state index contributed by atoms with van der Waals surface area (Å²) in [7, 11) is 0. The molecule has 3 aliphatic rings. The van der Waals surface area contributed by atoms with Gasteiger partial charge in [-0.15, -0.1) is 6.58 Å². The Hall–Kier alpha value is -0.630. The van der Waals surface area contributed by atoms with Crippen LogP contribution in [0, 0.1) is 34.0 Å². The predicted molar refractivity (Wildman–Crippen MR) is 89.4 cm³/mol. The van der Waals surface area contributed by atoms with Crippen molar-refractivity contribution >= 4 is 5.78 Å². The first-order valence-corrected chi connectivity index (χ1v) is 9.06. The van der Waals surface area contributed by atoms with Gasteiger partial charge in [-0.2, -0.15) is 0 Å². The van der Waals surface area contributed by atoms with Gasteiger partial charge in [0.2, 0.25) is 0 Å². The van der Waals surface area contributed by atoms with Crippen LogP contribution in [0.1, 0.15) is 66.2 Å². The minimum absolute atomic E-state index is 0.0163. The standard InChI is InChI=1S/C20H32O2/c1-6-18(4)11-12-19(5)13(2)7-9-20(14(3)17(18)22)10-8-15(21)16(19)20/h6,13-14,16-17,22H,1,7-12H2,2-5H3/t13?,14-,16?,17-,18+,19+,20?/m0/s1. The predicted octanol–water partition coefficient (Wildman–Crippen LogP) is 4.37. The molecule has 124 valence electrons. The van der Waals surface area contributed by atoms with Gasteiger partial charge in [-0.25, -0.2) is 0 Å². The molecule has 0 amide bonds. The van der Waals surface area contributed by atoms with Gasteiger partial charge in [-0.3, -0.25) is 4.79 Å². The fourth-order valence-electron chi connectivity index (χ4n) is 6.26. The Kier molecular flexibility index (Phi) is 3.64. The average molecular weight is 304 g/mol. The number of hydrogen-bond donors (Lipinski definition) is 1. The molecule has 3 unspecified atom stereocenters. The van der Waals surface area contributed by atoms with Crippen molar-refractivity contribution in [2.75, 3.05) is 0 Å². The normalized spacial score (nSPS) is 55.2. The first-order valence-electron chi connectivity index (χ1n) is 9.06. The third-order valence-electron chi connectivity index (χ3n) is 8.29. The smallest absolute Gasteiger partial charge is 0.137 e. The Morgan fingerprint density at radius 3 is 2.50 bits per heavy atom. The summed E-state index contributed by atoms with van der Waals surface area (Å²) in [6, 6.07) is 0. The number of ketones is 1. The second-order valence-electron chi connectivity index (χ2n) is 9.02. The van der Waals surface area contributed by atoms with Gasteiger partial charge < -0.3 is 5.11 Å². The van der Waals surface area contributed by atoms with Gasteiger partial charge in [-0.05, 0) is 54.8 Å². The number of rotatable bonds is 1. The van der Waals surface area contributed by atoms with E-state index < -0.39 is 6.10 Å². The lowest BCUT2D eigenvalue weighted by Gasteiger charge is -2.60. The van der Waals surface area contributed by atoms with Crippen LogP contribution < -0.4 is 0 Å². The lowest BCUT2D eigenvalue weighted by atomic mass is 9.44. The molecule has 3 fully saturated rings. The number of aliphatic hydroxyl groups excluding tert-OH is 1. The summed E-state index contributed by atoms with van der Waals surface area (Å²) in [5.41, 5.74) is -0.131. The van der Waals surface area contributed by atoms with Crippen molar-refractivity contribution in [1.29, 1.82) is 0 Å². The van der Waals surface area contributed by atoms with Crippen molar-refractivity contribution < 1.29 is 9.90 Å². The second-order valence-corrected chi connectivity index (χ2v) is 9.02. The zero-order valence-corrected chi connectivity index (χ0v) is 14.7. The van der Waals surface area contributed by atoms with E-state index in [2.05, 4.69) is 34.3 Å². The highest BCUT2D eigenvalue weighted by atomic mass is 16.3. The van der Waals surface area contributed by atoms with Crippen molar-refractivity contribution in [3.05, 3.63) is 12.7 Å². The van der Waals surface area contributed by atoms with Crippen LogP contribution in [0.3, 0.4) is 0 Å². The van der Waals surface area contributed by atoms with Crippen molar-refractivity contribution in [3.63, 3.8) is 0 Å². The van der Waals surface area contributed by atoms with Crippen molar-refractivity contribution in [1.82, 2.24) is 0 Å². The molecule has 0 spiro atoms. The van der Waals surface area contributed by atoms with Crippen LogP contribution in [0.25, 0.3) is 0 Å². The molecule has 3 rings (SSSR count). The maximum atomic E-state index is 12.8. The zero-order valence-electron chi connectivity index (χ0n) is 14.7. The summed E-state index contributed by atoms with van der Waals surface area (Å²) in [6.07, 6.45) is 7.52. The fourth-order valence-corrected chi connectivity index (χ4v) is 6.26. The Morgan fingerprint density at radius 2 is 1.86 bits per heavy atom. The molecule has 3 aliphatic carbocycles. The van der Waals surface area contributed by atoms with Crippen LogP contribution in [-0.2, 0) is 4.79 Å². The Balaban J connectivity index is 2.15. The van der Waals surface area contributed by atoms with E-state index in [1.54, 1.807) is 0 Å². The number of hydrogen-bond acceptors (Lipinski definition) is 2. The first kappa shape index (κ1) is 16.2. The molecular weight excluding hydrogens is 272 g/mol. The summed E-state index contributed by atoms with van der Waals surface area (Å²) < 4.78 is 0. The zero-order chi connectivity index (χ0) is 16.3. The number of aliphatic hydroxyl groups is 1. The lowest BCUT2D eigenvalue weighted by molar-refractivity contribution is -0.158. The third kappa shape index (κ3) is 1.85. The van der Waals surface area contributed by atoms with E-state index in [1.807, 2.05) is 6.08 Å². The maximum absolute atomic E-state index is 12.8. The van der Waals surface area contributed by atoms with Gasteiger partial charge in [-0.1, -0.05) is 33.8 Å². The summed E-state index contributed by atoms with van der Waals surface area (Å²) in [4.78, 5) is 12.8. The Labute approximate surface area is 135 Å². The highest BCUT2D eigenvalue weighted by molar-refractivity contribution is 5.85. The van der Waals surface area contributed by atoms with Gasteiger partial charge in [0.25, 0.3) is 0 Å². The van der Waals surface area contributed by atoms with Crippen molar-refractivity contribution in [3.8, 4) is 0 Å². The quantitative estimate of drug-likeness (QED) is 0.730. The van der Waals surface area contributed by atoms with Gasteiger partial charge >= 0.3 is 0 Å². The summed E-state index contributed by atoms with van der Waals surface area (Å²) in [6.45, 7) is 13.1. The van der Waals surface area contributed by atoms with Gasteiger partial charge in [0.05, 0.1) is 6.10 Å². The number of carbonyl (C=O) groups is 1. The van der Waals surface area contributed by atoms with Crippen LogP contribution in [0.15, 0.2) is 12.7 Å². The van der Waals surface area contributed by atoms with Crippen LogP contribution >= 0.6 is 0 Å². The molecule has 0 saturated heterocycles. The van der Waals surface area contributed by atoms with Crippen LogP contribution in [0.2, 0.25) is 0 Å². The highest BCUT2D eigenvalue weighted by Gasteiger charge is 2.64. The van der Waals surface area contributed by atoms with E-state index in [9.17, 15) is 9.90 Å². The monoisotopic (exact) mass is 304 g/mol. The van der Waals surface area contributed by atoms with E-state index in [0.717, 1.165) is 32.1 Å². The molecule has 0 aliphatic heterocycles. The molecular formula is C20H32O2. The summed E-state index contributed by atoms with van der Waals surface area (Å²) in [5, 5.41) is 11.1. The fraction of sp³-hybridized carbons (Fsp3) is 0.850. The SMILES string of the molecule is C=C[C@]1(C)CC[C@]2(C)C(C)CCC3(CCC(=O)C32)[C@@H](C)[C@@H]1O. The molecule has 2 heteroatoms. The van der Waals surface area contributed by atoms with E-state index in [1.165, 1.54) is 6.42 Å². The molecule has 0 aromatic heterocycles. The molecule has 2 nitrogen and oxygen atoms in total. The van der Waals surface area contributed by atoms with Crippen molar-refractivity contribution in [2.24, 2.45) is 34.0 Å². The Bertz CT molecular complexity index is 498. The molecule has 3 saturated carbocycles. The second kappa shape index (κ2) is 4.93. The van der Waals surface area contributed by atoms with E-state index in [-0.39, 0.29) is 28.1 Å². The van der Waals surface area contributed by atoms with Crippen LogP contribution in [0.4, 0.5) is 0 Å².